The summed E-state index contributed by atoms with van der Waals surface area (Å²) in [4.78, 5) is 3.80. The van der Waals surface area contributed by atoms with Gasteiger partial charge in [-0.25, -0.2) is 15.1 Å². The largest absolute Gasteiger partial charge is 0.473 e. The third-order valence-electron chi connectivity index (χ3n) is 2.47. The summed E-state index contributed by atoms with van der Waals surface area (Å²) < 4.78 is 29.8. The Kier molecular flexibility index (Phi) is 5.35. The maximum Gasteiger partial charge on any atom is 0.473 e. The van der Waals surface area contributed by atoms with Gasteiger partial charge in [-0.1, -0.05) is 0 Å². The lowest BCUT2D eigenvalue weighted by Gasteiger charge is -2.21. The molecule has 0 amide bonds. The molecule has 0 spiro atoms. The van der Waals surface area contributed by atoms with Gasteiger partial charge in [-0.3, -0.25) is 4.52 Å². The highest BCUT2D eigenvalue weighted by Crippen LogP contribution is 2.47. The van der Waals surface area contributed by atoms with Crippen LogP contribution in [-0.4, -0.2) is 63.3 Å². The third kappa shape index (κ3) is 3.65. The van der Waals surface area contributed by atoms with Crippen molar-refractivity contribution in [2.24, 2.45) is 10.7 Å². The second-order valence-electron chi connectivity index (χ2n) is 3.56. The maximum absolute atomic E-state index is 11.8. The fourth-order valence-corrected chi connectivity index (χ4v) is 2.20. The fraction of sp³-hybridized carbons (Fsp3) is 0.875. The van der Waals surface area contributed by atoms with Gasteiger partial charge in [0.25, 0.3) is 0 Å². The van der Waals surface area contributed by atoms with E-state index in [4.69, 9.17) is 10.6 Å². The van der Waals surface area contributed by atoms with E-state index in [0.29, 0.717) is 19.1 Å². The predicted molar refractivity (Wildman–Crippen MR) is 63.4 cm³/mol. The molecule has 0 radical (unpaired) electrons. The van der Waals surface area contributed by atoms with E-state index in [1.165, 1.54) is 7.11 Å². The lowest BCUT2D eigenvalue weighted by atomic mass is 10.5. The molecule has 2 N–H and O–H groups in total. The highest BCUT2D eigenvalue weighted by molar-refractivity contribution is 7.52. The second-order valence-corrected chi connectivity index (χ2v) is 5.27. The van der Waals surface area contributed by atoms with Crippen LogP contribution in [-0.2, 0) is 18.5 Å². The second kappa shape index (κ2) is 6.32. The van der Waals surface area contributed by atoms with E-state index < -0.39 is 7.75 Å². The Labute approximate surface area is 101 Å². The van der Waals surface area contributed by atoms with E-state index >= 15 is 0 Å². The normalized spacial score (nSPS) is 22.2. The quantitative estimate of drug-likeness (QED) is 0.529. The highest BCUT2D eigenvalue weighted by atomic mass is 31.2. The molecule has 0 bridgehead atoms. The lowest BCUT2D eigenvalue weighted by molar-refractivity contribution is 0.179. The molecule has 100 valence electrons. The molecule has 1 rings (SSSR count). The molecule has 1 aliphatic rings. The van der Waals surface area contributed by atoms with Crippen molar-refractivity contribution in [2.75, 3.05) is 47.5 Å². The highest BCUT2D eigenvalue weighted by Gasteiger charge is 2.29. The van der Waals surface area contributed by atoms with Gasteiger partial charge in [0.15, 0.2) is 0 Å². The van der Waals surface area contributed by atoms with E-state index in [9.17, 15) is 4.57 Å². The molecule has 0 aromatic heterocycles. The number of guanidine groups is 1. The van der Waals surface area contributed by atoms with E-state index in [-0.39, 0.29) is 0 Å². The number of ether oxygens (including phenoxy) is 1. The minimum atomic E-state index is -3.60. The predicted octanol–water partition coefficient (Wildman–Crippen LogP) is -0.119. The average molecular weight is 266 g/mol. The molecule has 1 unspecified atom stereocenters. The first-order valence-corrected chi connectivity index (χ1v) is 6.65. The number of nitrogens with two attached hydrogens (primary N) is 1. The van der Waals surface area contributed by atoms with Gasteiger partial charge in [0.1, 0.15) is 0 Å². The monoisotopic (exact) mass is 266 g/mol. The van der Waals surface area contributed by atoms with Crippen LogP contribution in [0.4, 0.5) is 0 Å². The van der Waals surface area contributed by atoms with Crippen LogP contribution in [0, 0.1) is 0 Å². The summed E-state index contributed by atoms with van der Waals surface area (Å²) in [6, 6.07) is 0. The van der Waals surface area contributed by atoms with E-state index in [0.717, 1.165) is 13.1 Å². The number of nitrogens with zero attached hydrogens (tertiary/aromatic N) is 3. The number of rotatable bonds is 6. The van der Waals surface area contributed by atoms with Crippen LogP contribution < -0.4 is 5.90 Å². The fourth-order valence-electron chi connectivity index (χ4n) is 1.48. The molecule has 17 heavy (non-hydrogen) atoms. The Morgan fingerprint density at radius 2 is 2.18 bits per heavy atom. The molecule has 0 saturated carbocycles. The van der Waals surface area contributed by atoms with Gasteiger partial charge < -0.3 is 14.5 Å². The Hall–Kier alpha value is -0.660. The van der Waals surface area contributed by atoms with Gasteiger partial charge in [-0.15, -0.1) is 4.76 Å². The van der Waals surface area contributed by atoms with Gasteiger partial charge in [0.05, 0.1) is 6.61 Å². The van der Waals surface area contributed by atoms with Gasteiger partial charge in [-0.05, 0) is 0 Å². The minimum Gasteiger partial charge on any atom is -0.383 e. The smallest absolute Gasteiger partial charge is 0.383 e. The summed E-state index contributed by atoms with van der Waals surface area (Å²) in [7, 11) is 1.12. The summed E-state index contributed by atoms with van der Waals surface area (Å²) in [5, 5.41) is 0. The van der Waals surface area contributed by atoms with Gasteiger partial charge in [0, 0.05) is 40.9 Å². The molecule has 8 nitrogen and oxygen atoms in total. The van der Waals surface area contributed by atoms with Gasteiger partial charge in [0.2, 0.25) is 5.96 Å². The molecule has 0 aromatic carbocycles. The van der Waals surface area contributed by atoms with Gasteiger partial charge in [-0.2, -0.15) is 0 Å². The first-order valence-electron chi connectivity index (χ1n) is 5.16. The molecule has 1 saturated heterocycles. The number of hydrogen-bond acceptors (Lipinski definition) is 5. The summed E-state index contributed by atoms with van der Waals surface area (Å²) >= 11 is 0. The van der Waals surface area contributed by atoms with E-state index in [1.807, 2.05) is 16.8 Å². The zero-order valence-corrected chi connectivity index (χ0v) is 11.2. The molecular weight excluding hydrogens is 247 g/mol. The Morgan fingerprint density at radius 1 is 1.47 bits per heavy atom. The molecule has 1 atom stereocenters. The van der Waals surface area contributed by atoms with Crippen LogP contribution in [0.1, 0.15) is 0 Å². The average Bonchev–Trinajstić information content (AvgIpc) is 2.68. The Morgan fingerprint density at radius 3 is 2.71 bits per heavy atom. The van der Waals surface area contributed by atoms with Crippen molar-refractivity contribution in [2.45, 2.75) is 0 Å². The number of methoxy groups -OCH3 is 1. The third-order valence-corrected chi connectivity index (χ3v) is 3.62. The summed E-state index contributed by atoms with van der Waals surface area (Å²) in [6.07, 6.45) is 0. The van der Waals surface area contributed by atoms with E-state index in [2.05, 4.69) is 13.9 Å². The van der Waals surface area contributed by atoms with Crippen LogP contribution in [0.5, 0.6) is 0 Å². The summed E-state index contributed by atoms with van der Waals surface area (Å²) in [6.45, 7) is 2.80. The molecule has 0 aromatic rings. The first-order chi connectivity index (χ1) is 8.06. The molecule has 1 aliphatic heterocycles. The van der Waals surface area contributed by atoms with Crippen molar-refractivity contribution in [1.82, 2.24) is 9.80 Å². The molecule has 0 aliphatic carbocycles. The SMILES string of the molecule is COCCN1CCN(C)C1=NP(=O)(OC)ON. The molecule has 1 fully saturated rings. The van der Waals surface area contributed by atoms with Crippen LogP contribution >= 0.6 is 7.75 Å². The lowest BCUT2D eigenvalue weighted by Crippen LogP contribution is -2.33. The molecular formula is C8H19N4O4P. The summed E-state index contributed by atoms with van der Waals surface area (Å²) in [5.41, 5.74) is 0. The zero-order valence-electron chi connectivity index (χ0n) is 10.3. The molecule has 1 heterocycles. The zero-order chi connectivity index (χ0) is 12.9. The van der Waals surface area contributed by atoms with Crippen LogP contribution in [0.2, 0.25) is 0 Å². The molecule has 9 heteroatoms. The number of hydrogen-bond donors (Lipinski definition) is 1. The minimum absolute atomic E-state index is 0.540. The standard InChI is InChI=1S/C8H19N4O4P/c1-11-4-5-12(6-7-14-2)8(11)10-17(13,15-3)16-9/h4-7,9H2,1-3H3. The van der Waals surface area contributed by atoms with E-state index in [1.54, 1.807) is 7.11 Å². The van der Waals surface area contributed by atoms with Crippen molar-refractivity contribution in [3.63, 3.8) is 0 Å². The Bertz CT molecular complexity index is 317. The van der Waals surface area contributed by atoms with Crippen molar-refractivity contribution < 1.29 is 18.5 Å². The topological polar surface area (TPSA) is 89.6 Å². The van der Waals surface area contributed by atoms with Crippen molar-refractivity contribution >= 4 is 13.7 Å². The van der Waals surface area contributed by atoms with Crippen molar-refractivity contribution in [3.05, 3.63) is 0 Å². The number of likely N-dealkylation sites (N-methyl/N-ethyl adjacent to an activating group) is 1. The van der Waals surface area contributed by atoms with Gasteiger partial charge >= 0.3 is 7.75 Å². The van der Waals surface area contributed by atoms with Crippen molar-refractivity contribution in [1.29, 1.82) is 0 Å². The van der Waals surface area contributed by atoms with Crippen LogP contribution in [0.3, 0.4) is 0 Å². The summed E-state index contributed by atoms with van der Waals surface area (Å²) in [5.74, 6) is 5.47. The first kappa shape index (κ1) is 14.4. The Balaban J connectivity index is 2.83. The maximum atomic E-state index is 11.8. The van der Waals surface area contributed by atoms with Crippen LogP contribution in [0.15, 0.2) is 4.76 Å². The van der Waals surface area contributed by atoms with Crippen LogP contribution in [0.25, 0.3) is 0 Å². The van der Waals surface area contributed by atoms with Crippen molar-refractivity contribution in [3.8, 4) is 0 Å².